The fraction of sp³-hybridized carbons (Fsp3) is 0. The summed E-state index contributed by atoms with van der Waals surface area (Å²) >= 11 is 0. The van der Waals surface area contributed by atoms with Crippen LogP contribution in [0.25, 0.3) is 0 Å². The van der Waals surface area contributed by atoms with Crippen LogP contribution >= 0.6 is 7.92 Å². The molecular formula is C26H27PRu. The van der Waals surface area contributed by atoms with Crippen molar-refractivity contribution in [2.45, 2.75) is 0 Å². The van der Waals surface area contributed by atoms with Gasteiger partial charge in [-0.15, -0.1) is 0 Å². The number of hydrogen-bond acceptors (Lipinski definition) is 0. The van der Waals surface area contributed by atoms with Gasteiger partial charge in [0.25, 0.3) is 0 Å². The third-order valence-corrected chi connectivity index (χ3v) is 5.82. The van der Waals surface area contributed by atoms with Crippen LogP contribution in [0.2, 0.25) is 0 Å². The maximum Gasteiger partial charge on any atom is 0 e. The van der Waals surface area contributed by atoms with Crippen molar-refractivity contribution in [1.29, 1.82) is 0 Å². The van der Waals surface area contributed by atoms with Gasteiger partial charge < -0.3 is 0 Å². The Hall–Kier alpha value is -2.33. The van der Waals surface area contributed by atoms with Gasteiger partial charge in [-0.2, -0.15) is 0 Å². The minimum Gasteiger partial charge on any atom is -0.0991 e. The molecule has 2 heteroatoms. The summed E-state index contributed by atoms with van der Waals surface area (Å²) in [5.74, 6) is 0. The second kappa shape index (κ2) is 16.8. The fourth-order valence-corrected chi connectivity index (χ4v) is 4.48. The predicted octanol–water partition coefficient (Wildman–Crippen LogP) is 6.16. The summed E-state index contributed by atoms with van der Waals surface area (Å²) in [4.78, 5) is 0. The van der Waals surface area contributed by atoms with Crippen LogP contribution in [0.1, 0.15) is 0 Å². The first-order chi connectivity index (χ1) is 13.3. The quantitative estimate of drug-likeness (QED) is 0.238. The van der Waals surface area contributed by atoms with Crippen molar-refractivity contribution in [2.24, 2.45) is 0 Å². The topological polar surface area (TPSA) is 0 Å². The molecular weight excluding hydrogens is 444 g/mol. The normalized spacial score (nSPS) is 8.61. The van der Waals surface area contributed by atoms with Gasteiger partial charge in [-0.1, -0.05) is 142 Å². The minimum absolute atomic E-state index is 0. The molecule has 0 unspecified atom stereocenters. The molecule has 0 saturated heterocycles. The second-order valence-electron chi connectivity index (χ2n) is 5.28. The Balaban J connectivity index is 0.000000697. The number of benzene rings is 3. The van der Waals surface area contributed by atoms with Crippen LogP contribution in [0.3, 0.4) is 0 Å². The molecule has 3 rings (SSSR count). The number of rotatable bonds is 5. The number of allylic oxidation sites excluding steroid dienone is 4. The van der Waals surface area contributed by atoms with Crippen LogP contribution in [0.5, 0.6) is 0 Å². The van der Waals surface area contributed by atoms with Crippen LogP contribution < -0.4 is 15.9 Å². The summed E-state index contributed by atoms with van der Waals surface area (Å²) in [6, 6.07) is 32.3. The molecule has 0 aromatic heterocycles. The largest absolute Gasteiger partial charge is 0.0991 e. The maximum absolute atomic E-state index is 3.36. The molecule has 0 radical (unpaired) electrons. The Morgan fingerprint density at radius 1 is 0.429 bits per heavy atom. The number of hydrogen-bond donors (Lipinski definition) is 0. The van der Waals surface area contributed by atoms with Crippen LogP contribution in [0.4, 0.5) is 0 Å². The van der Waals surface area contributed by atoms with Crippen molar-refractivity contribution in [3.8, 4) is 0 Å². The first kappa shape index (κ1) is 25.7. The molecule has 0 N–H and O–H groups in total. The Morgan fingerprint density at radius 3 is 0.821 bits per heavy atom. The summed E-state index contributed by atoms with van der Waals surface area (Å²) in [5, 5.41) is 4.19. The molecule has 0 aliphatic carbocycles. The van der Waals surface area contributed by atoms with Gasteiger partial charge in [0.15, 0.2) is 0 Å². The summed E-state index contributed by atoms with van der Waals surface area (Å²) in [5.41, 5.74) is 0. The van der Waals surface area contributed by atoms with Gasteiger partial charge in [0.2, 0.25) is 0 Å². The third-order valence-electron chi connectivity index (χ3n) is 3.38. The molecule has 0 heterocycles. The van der Waals surface area contributed by atoms with Crippen molar-refractivity contribution in [3.05, 3.63) is 142 Å². The van der Waals surface area contributed by atoms with E-state index in [0.29, 0.717) is 0 Å². The van der Waals surface area contributed by atoms with E-state index in [1.807, 2.05) is 0 Å². The molecule has 0 atom stereocenters. The molecule has 0 nitrogen and oxygen atoms in total. The van der Waals surface area contributed by atoms with E-state index in [-0.39, 0.29) is 19.5 Å². The summed E-state index contributed by atoms with van der Waals surface area (Å²) in [6.07, 6.45) is 6.56. The molecule has 144 valence electrons. The predicted molar refractivity (Wildman–Crippen MR) is 126 cm³/mol. The third kappa shape index (κ3) is 9.56. The van der Waals surface area contributed by atoms with E-state index in [0.717, 1.165) is 0 Å². The van der Waals surface area contributed by atoms with Gasteiger partial charge in [-0.25, -0.2) is 0 Å². The molecule has 28 heavy (non-hydrogen) atoms. The van der Waals surface area contributed by atoms with Crippen molar-refractivity contribution >= 4 is 23.8 Å². The average molecular weight is 472 g/mol. The van der Waals surface area contributed by atoms with Gasteiger partial charge in [0, 0.05) is 19.5 Å². The van der Waals surface area contributed by atoms with Crippen LogP contribution in [-0.2, 0) is 19.5 Å². The zero-order chi connectivity index (χ0) is 19.7. The fourth-order valence-electron chi connectivity index (χ4n) is 2.18. The molecule has 0 saturated carbocycles. The van der Waals surface area contributed by atoms with Crippen LogP contribution in [0.15, 0.2) is 142 Å². The zero-order valence-corrected chi connectivity index (χ0v) is 18.7. The van der Waals surface area contributed by atoms with E-state index in [1.165, 1.54) is 15.9 Å². The van der Waals surface area contributed by atoms with E-state index in [1.54, 1.807) is 24.3 Å². The van der Waals surface area contributed by atoms with Crippen LogP contribution in [-0.4, -0.2) is 0 Å². The van der Waals surface area contributed by atoms with E-state index in [9.17, 15) is 0 Å². The summed E-state index contributed by atoms with van der Waals surface area (Å²) in [7, 11) is -0.446. The standard InChI is InChI=1S/C18H15P.2C4H6.Ru/c1-4-10-16(11-5-1)19(17-12-6-2-7-13-17)18-14-8-3-9-15-18;2*1-3-4-2;/h1-15H;2*3-4H,1-2H2;. The first-order valence-electron chi connectivity index (χ1n) is 8.70. The first-order valence-corrected chi connectivity index (χ1v) is 10.0. The van der Waals surface area contributed by atoms with Gasteiger partial charge in [-0.3, -0.25) is 0 Å². The molecule has 0 amide bonds. The van der Waals surface area contributed by atoms with Gasteiger partial charge >= 0.3 is 0 Å². The van der Waals surface area contributed by atoms with Gasteiger partial charge in [0.1, 0.15) is 0 Å². The SMILES string of the molecule is C=CC=C.C=CC=C.[Ru].c1ccc(P(c2ccccc2)c2ccccc2)cc1. The van der Waals surface area contributed by atoms with Crippen LogP contribution in [0, 0.1) is 0 Å². The molecule has 3 aromatic rings. The van der Waals surface area contributed by atoms with Crippen molar-refractivity contribution in [2.75, 3.05) is 0 Å². The molecule has 0 fully saturated rings. The molecule has 0 aliphatic rings. The monoisotopic (exact) mass is 472 g/mol. The Kier molecular flexibility index (Phi) is 15.4. The Morgan fingerprint density at radius 2 is 0.643 bits per heavy atom. The minimum atomic E-state index is -0.446. The summed E-state index contributed by atoms with van der Waals surface area (Å²) < 4.78 is 0. The van der Waals surface area contributed by atoms with Gasteiger partial charge in [-0.05, 0) is 23.8 Å². The summed E-state index contributed by atoms with van der Waals surface area (Å²) in [6.45, 7) is 13.4. The average Bonchev–Trinajstić information content (AvgIpc) is 2.76. The Bertz CT molecular complexity index is 678. The van der Waals surface area contributed by atoms with Crippen molar-refractivity contribution < 1.29 is 19.5 Å². The zero-order valence-electron chi connectivity index (χ0n) is 16.1. The molecule has 0 spiro atoms. The van der Waals surface area contributed by atoms with E-state index in [4.69, 9.17) is 0 Å². The Labute approximate surface area is 184 Å². The van der Waals surface area contributed by atoms with E-state index in [2.05, 4.69) is 117 Å². The van der Waals surface area contributed by atoms with E-state index < -0.39 is 7.92 Å². The maximum atomic E-state index is 3.36. The second-order valence-corrected chi connectivity index (χ2v) is 7.50. The van der Waals surface area contributed by atoms with Crippen molar-refractivity contribution in [1.82, 2.24) is 0 Å². The van der Waals surface area contributed by atoms with Crippen molar-refractivity contribution in [3.63, 3.8) is 0 Å². The molecule has 0 bridgehead atoms. The van der Waals surface area contributed by atoms with Gasteiger partial charge in [0.05, 0.1) is 0 Å². The molecule has 3 aromatic carbocycles. The molecule has 0 aliphatic heterocycles. The smallest absolute Gasteiger partial charge is 0 e. The van der Waals surface area contributed by atoms with E-state index >= 15 is 0 Å².